The van der Waals surface area contributed by atoms with Crippen molar-refractivity contribution in [3.8, 4) is 0 Å². The van der Waals surface area contributed by atoms with Gasteiger partial charge in [0.2, 0.25) is 0 Å². The summed E-state index contributed by atoms with van der Waals surface area (Å²) in [6.45, 7) is 3.32. The highest BCUT2D eigenvalue weighted by Gasteiger charge is 2.29. The summed E-state index contributed by atoms with van der Waals surface area (Å²) in [7, 11) is -1.28. The van der Waals surface area contributed by atoms with Crippen LogP contribution >= 0.6 is 0 Å². The normalized spacial score (nSPS) is 30.5. The molecule has 0 amide bonds. The van der Waals surface area contributed by atoms with E-state index in [1.165, 1.54) is 12.8 Å². The van der Waals surface area contributed by atoms with Crippen LogP contribution in [-0.4, -0.2) is 63.4 Å². The molecule has 2 atom stereocenters. The molecule has 0 aromatic heterocycles. The lowest BCUT2D eigenvalue weighted by Crippen LogP contribution is -2.51. The predicted octanol–water partition coefficient (Wildman–Crippen LogP) is -0.0242. The zero-order chi connectivity index (χ0) is 14.6. The highest BCUT2D eigenvalue weighted by Crippen LogP contribution is 2.18. The molecule has 6 nitrogen and oxygen atoms in total. The van der Waals surface area contributed by atoms with Crippen LogP contribution in [-0.2, 0) is 10.2 Å². The van der Waals surface area contributed by atoms with Crippen LogP contribution < -0.4 is 10.5 Å². The zero-order valence-electron chi connectivity index (χ0n) is 12.4. The van der Waals surface area contributed by atoms with Crippen molar-refractivity contribution in [1.82, 2.24) is 13.9 Å². The highest BCUT2D eigenvalue weighted by molar-refractivity contribution is 7.87. The van der Waals surface area contributed by atoms with Gasteiger partial charge in [0.25, 0.3) is 10.2 Å². The summed E-state index contributed by atoms with van der Waals surface area (Å²) in [5.41, 5.74) is 5.67. The molecule has 0 aromatic carbocycles. The Balaban J connectivity index is 1.86. The Morgan fingerprint density at radius 1 is 1.20 bits per heavy atom. The lowest BCUT2D eigenvalue weighted by atomic mass is 10.0. The van der Waals surface area contributed by atoms with E-state index in [0.29, 0.717) is 38.1 Å². The van der Waals surface area contributed by atoms with E-state index in [0.717, 1.165) is 25.8 Å². The van der Waals surface area contributed by atoms with E-state index in [2.05, 4.69) is 16.7 Å². The van der Waals surface area contributed by atoms with Gasteiger partial charge in [-0.1, -0.05) is 6.42 Å². The topological polar surface area (TPSA) is 78.7 Å². The number of nitrogens with zero attached hydrogens (tertiary/aromatic N) is 2. The lowest BCUT2D eigenvalue weighted by molar-refractivity contribution is 0.186. The van der Waals surface area contributed by atoms with Gasteiger partial charge < -0.3 is 10.6 Å². The average Bonchev–Trinajstić information content (AvgIpc) is 2.46. The minimum absolute atomic E-state index is 0.303. The van der Waals surface area contributed by atoms with Gasteiger partial charge in [-0.3, -0.25) is 0 Å². The van der Waals surface area contributed by atoms with Gasteiger partial charge in [0.15, 0.2) is 0 Å². The maximum atomic E-state index is 12.4. The second-order valence-electron chi connectivity index (χ2n) is 6.09. The summed E-state index contributed by atoms with van der Waals surface area (Å²) in [4.78, 5) is 2.25. The van der Waals surface area contributed by atoms with Crippen LogP contribution in [0.15, 0.2) is 0 Å². The van der Waals surface area contributed by atoms with Gasteiger partial charge in [-0.15, -0.1) is 0 Å². The zero-order valence-corrected chi connectivity index (χ0v) is 13.2. The molecule has 7 heteroatoms. The Morgan fingerprint density at radius 2 is 2.00 bits per heavy atom. The fourth-order valence-electron chi connectivity index (χ4n) is 3.13. The molecule has 20 heavy (non-hydrogen) atoms. The quantitative estimate of drug-likeness (QED) is 0.748. The van der Waals surface area contributed by atoms with Gasteiger partial charge in [0.05, 0.1) is 0 Å². The first-order valence-corrected chi connectivity index (χ1v) is 9.12. The van der Waals surface area contributed by atoms with E-state index in [9.17, 15) is 8.42 Å². The molecule has 2 saturated heterocycles. The number of likely N-dealkylation sites (tertiary alicyclic amines) is 1. The molecule has 0 aliphatic carbocycles. The number of piperidine rings is 2. The minimum atomic E-state index is -3.35. The van der Waals surface area contributed by atoms with Crippen molar-refractivity contribution in [2.75, 3.05) is 39.8 Å². The summed E-state index contributed by atoms with van der Waals surface area (Å²) >= 11 is 0. The predicted molar refractivity (Wildman–Crippen MR) is 80.5 cm³/mol. The maximum Gasteiger partial charge on any atom is 0.279 e. The van der Waals surface area contributed by atoms with Crippen LogP contribution in [0.1, 0.15) is 32.1 Å². The molecule has 2 aliphatic heterocycles. The van der Waals surface area contributed by atoms with Crippen LogP contribution in [0, 0.1) is 5.92 Å². The first-order chi connectivity index (χ1) is 9.53. The second kappa shape index (κ2) is 7.17. The van der Waals surface area contributed by atoms with Crippen LogP contribution in [0.5, 0.6) is 0 Å². The SMILES string of the molecule is CN1CCCCC1CNS(=O)(=O)N1CCCC(CN)C1. The summed E-state index contributed by atoms with van der Waals surface area (Å²) in [6, 6.07) is 0.327. The molecule has 0 radical (unpaired) electrons. The average molecular weight is 304 g/mol. The first kappa shape index (κ1) is 16.2. The smallest absolute Gasteiger partial charge is 0.279 e. The molecule has 3 N–H and O–H groups in total. The summed E-state index contributed by atoms with van der Waals surface area (Å²) in [6.07, 6.45) is 5.42. The number of nitrogens with one attached hydrogen (secondary N) is 1. The molecular formula is C13H28N4O2S. The molecule has 0 saturated carbocycles. The Morgan fingerprint density at radius 3 is 2.70 bits per heavy atom. The Labute approximate surface area is 122 Å². The van der Waals surface area contributed by atoms with Crippen LogP contribution in [0.3, 0.4) is 0 Å². The highest BCUT2D eigenvalue weighted by atomic mass is 32.2. The van der Waals surface area contributed by atoms with E-state index < -0.39 is 10.2 Å². The van der Waals surface area contributed by atoms with E-state index in [4.69, 9.17) is 5.73 Å². The minimum Gasteiger partial charge on any atom is -0.330 e. The molecule has 2 unspecified atom stereocenters. The van der Waals surface area contributed by atoms with Gasteiger partial charge in [-0.05, 0) is 51.7 Å². The van der Waals surface area contributed by atoms with Crippen molar-refractivity contribution in [1.29, 1.82) is 0 Å². The molecular weight excluding hydrogens is 276 g/mol. The summed E-state index contributed by atoms with van der Waals surface area (Å²) in [5.74, 6) is 0.303. The lowest BCUT2D eigenvalue weighted by Gasteiger charge is -2.34. The third-order valence-corrected chi connectivity index (χ3v) is 6.12. The Kier molecular flexibility index (Phi) is 5.80. The molecule has 0 aromatic rings. The molecule has 2 fully saturated rings. The third-order valence-electron chi connectivity index (χ3n) is 4.58. The van der Waals surface area contributed by atoms with Crippen LogP contribution in [0.2, 0.25) is 0 Å². The van der Waals surface area contributed by atoms with E-state index in [1.54, 1.807) is 4.31 Å². The van der Waals surface area contributed by atoms with Crippen LogP contribution in [0.4, 0.5) is 0 Å². The molecule has 0 spiro atoms. The fraction of sp³-hybridized carbons (Fsp3) is 1.00. The number of rotatable bonds is 5. The number of hydrogen-bond donors (Lipinski definition) is 2. The maximum absolute atomic E-state index is 12.4. The number of likely N-dealkylation sites (N-methyl/N-ethyl adjacent to an activating group) is 1. The van der Waals surface area contributed by atoms with Gasteiger partial charge in [-0.2, -0.15) is 12.7 Å². The Hall–Kier alpha value is -0.210. The van der Waals surface area contributed by atoms with Crippen molar-refractivity contribution in [3.05, 3.63) is 0 Å². The number of nitrogens with two attached hydrogens (primary N) is 1. The van der Waals surface area contributed by atoms with E-state index >= 15 is 0 Å². The Bertz CT molecular complexity index is 401. The molecule has 0 bridgehead atoms. The summed E-state index contributed by atoms with van der Waals surface area (Å²) in [5, 5.41) is 0. The summed E-state index contributed by atoms with van der Waals surface area (Å²) < 4.78 is 29.1. The standard InChI is InChI=1S/C13H28N4O2S/c1-16-7-3-2-6-13(16)10-15-20(18,19)17-8-4-5-12(9-14)11-17/h12-13,15H,2-11,14H2,1H3. The van der Waals surface area contributed by atoms with Crippen molar-refractivity contribution >= 4 is 10.2 Å². The van der Waals surface area contributed by atoms with Crippen molar-refractivity contribution in [3.63, 3.8) is 0 Å². The first-order valence-electron chi connectivity index (χ1n) is 7.68. The largest absolute Gasteiger partial charge is 0.330 e. The molecule has 2 aliphatic rings. The van der Waals surface area contributed by atoms with E-state index in [1.807, 2.05) is 0 Å². The van der Waals surface area contributed by atoms with Gasteiger partial charge in [0.1, 0.15) is 0 Å². The molecule has 118 valence electrons. The van der Waals surface area contributed by atoms with E-state index in [-0.39, 0.29) is 0 Å². The van der Waals surface area contributed by atoms with Gasteiger partial charge >= 0.3 is 0 Å². The number of hydrogen-bond acceptors (Lipinski definition) is 4. The van der Waals surface area contributed by atoms with Gasteiger partial charge in [0, 0.05) is 25.7 Å². The van der Waals surface area contributed by atoms with Gasteiger partial charge in [-0.25, -0.2) is 4.72 Å². The van der Waals surface area contributed by atoms with Crippen LogP contribution in [0.25, 0.3) is 0 Å². The van der Waals surface area contributed by atoms with Crippen molar-refractivity contribution < 1.29 is 8.42 Å². The van der Waals surface area contributed by atoms with Crippen molar-refractivity contribution in [2.24, 2.45) is 11.7 Å². The molecule has 2 heterocycles. The third kappa shape index (κ3) is 4.14. The monoisotopic (exact) mass is 304 g/mol. The second-order valence-corrected chi connectivity index (χ2v) is 7.84. The van der Waals surface area contributed by atoms with Crippen molar-refractivity contribution in [2.45, 2.75) is 38.1 Å². The molecule has 2 rings (SSSR count). The fourth-order valence-corrected chi connectivity index (χ4v) is 4.49.